The first-order valence-corrected chi connectivity index (χ1v) is 7.03. The molecule has 0 spiro atoms. The van der Waals surface area contributed by atoms with Crippen LogP contribution >= 0.6 is 43.6 Å². The van der Waals surface area contributed by atoms with Crippen molar-refractivity contribution < 1.29 is 0 Å². The van der Waals surface area contributed by atoms with Gasteiger partial charge in [0.1, 0.15) is 0 Å². The summed E-state index contributed by atoms with van der Waals surface area (Å²) in [7, 11) is 0. The topological polar surface area (TPSA) is 12.0 Å². The Bertz CT molecular complexity index is 343. The molecule has 0 saturated carbocycles. The van der Waals surface area contributed by atoms with Crippen molar-refractivity contribution in [2.75, 3.05) is 6.54 Å². The molecule has 1 aliphatic rings. The second kappa shape index (κ2) is 4.56. The van der Waals surface area contributed by atoms with Gasteiger partial charge in [-0.1, -0.05) is 13.0 Å². The zero-order valence-electron chi connectivity index (χ0n) is 7.76. The van der Waals surface area contributed by atoms with E-state index < -0.39 is 0 Å². The van der Waals surface area contributed by atoms with E-state index >= 15 is 0 Å². The van der Waals surface area contributed by atoms with Crippen LogP contribution in [0.15, 0.2) is 27.1 Å². The molecule has 1 aliphatic heterocycles. The maximum atomic E-state index is 3.52. The number of benzene rings is 1. The van der Waals surface area contributed by atoms with Crippen LogP contribution in [0.2, 0.25) is 0 Å². The van der Waals surface area contributed by atoms with Gasteiger partial charge in [0.25, 0.3) is 0 Å². The van der Waals surface area contributed by atoms with Crippen molar-refractivity contribution in [2.24, 2.45) is 0 Å². The normalized spacial score (nSPS) is 26.8. The van der Waals surface area contributed by atoms with Crippen molar-refractivity contribution in [2.45, 2.75) is 17.5 Å². The van der Waals surface area contributed by atoms with Crippen LogP contribution in [0, 0.1) is 0 Å². The standard InChI is InChI=1S/C10H11Br2NS/c1-6-5-13-10(14-6)7-2-3-8(11)9(12)4-7/h2-4,6,10,13H,5H2,1H3. The number of hydrogen-bond donors (Lipinski definition) is 1. The molecule has 0 bridgehead atoms. The summed E-state index contributed by atoms with van der Waals surface area (Å²) < 4.78 is 2.23. The Kier molecular flexibility index (Phi) is 3.58. The third-order valence-electron chi connectivity index (χ3n) is 2.21. The summed E-state index contributed by atoms with van der Waals surface area (Å²) in [6.07, 6.45) is 0. The molecule has 1 saturated heterocycles. The number of hydrogen-bond acceptors (Lipinski definition) is 2. The molecule has 1 heterocycles. The van der Waals surface area contributed by atoms with Crippen LogP contribution in [0.1, 0.15) is 17.9 Å². The van der Waals surface area contributed by atoms with Crippen molar-refractivity contribution in [1.29, 1.82) is 0 Å². The molecule has 1 N–H and O–H groups in total. The van der Waals surface area contributed by atoms with Crippen LogP contribution in [-0.2, 0) is 0 Å². The van der Waals surface area contributed by atoms with E-state index in [4.69, 9.17) is 0 Å². The molecule has 2 rings (SSSR count). The van der Waals surface area contributed by atoms with Crippen molar-refractivity contribution in [1.82, 2.24) is 5.32 Å². The van der Waals surface area contributed by atoms with E-state index in [1.165, 1.54) is 5.56 Å². The van der Waals surface area contributed by atoms with Crippen LogP contribution in [0.5, 0.6) is 0 Å². The predicted molar refractivity (Wildman–Crippen MR) is 69.6 cm³/mol. The number of nitrogens with one attached hydrogen (secondary N) is 1. The van der Waals surface area contributed by atoms with Crippen LogP contribution in [-0.4, -0.2) is 11.8 Å². The molecule has 1 nitrogen and oxygen atoms in total. The Morgan fingerprint density at radius 3 is 2.71 bits per heavy atom. The molecular weight excluding hydrogens is 326 g/mol. The molecule has 1 aromatic carbocycles. The third kappa shape index (κ3) is 2.35. The maximum Gasteiger partial charge on any atom is 0.0793 e. The van der Waals surface area contributed by atoms with Gasteiger partial charge in [-0.05, 0) is 49.6 Å². The molecule has 2 atom stereocenters. The smallest absolute Gasteiger partial charge is 0.0793 e. The molecule has 1 aromatic rings. The Morgan fingerprint density at radius 2 is 2.14 bits per heavy atom. The van der Waals surface area contributed by atoms with Gasteiger partial charge in [-0.3, -0.25) is 0 Å². The quantitative estimate of drug-likeness (QED) is 0.833. The summed E-state index contributed by atoms with van der Waals surface area (Å²) in [5.41, 5.74) is 1.34. The zero-order valence-corrected chi connectivity index (χ0v) is 11.7. The van der Waals surface area contributed by atoms with E-state index in [0.29, 0.717) is 10.6 Å². The molecule has 0 amide bonds. The van der Waals surface area contributed by atoms with Crippen molar-refractivity contribution in [3.05, 3.63) is 32.7 Å². The highest BCUT2D eigenvalue weighted by molar-refractivity contribution is 9.13. The van der Waals surface area contributed by atoms with Gasteiger partial charge in [0.15, 0.2) is 0 Å². The molecule has 0 aromatic heterocycles. The summed E-state index contributed by atoms with van der Waals surface area (Å²) in [5.74, 6) is 0. The van der Waals surface area contributed by atoms with Crippen molar-refractivity contribution in [3.63, 3.8) is 0 Å². The van der Waals surface area contributed by atoms with Gasteiger partial charge in [0.05, 0.1) is 5.37 Å². The summed E-state index contributed by atoms with van der Waals surface area (Å²) in [4.78, 5) is 0. The SMILES string of the molecule is CC1CNC(c2ccc(Br)c(Br)c2)S1. The third-order valence-corrected chi connectivity index (χ3v) is 5.43. The summed E-state index contributed by atoms with van der Waals surface area (Å²) in [5, 5.41) is 4.66. The lowest BCUT2D eigenvalue weighted by atomic mass is 10.2. The lowest BCUT2D eigenvalue weighted by Gasteiger charge is -2.10. The van der Waals surface area contributed by atoms with Crippen LogP contribution in [0.3, 0.4) is 0 Å². The minimum absolute atomic E-state index is 0.453. The average molecular weight is 337 g/mol. The van der Waals surface area contributed by atoms with E-state index in [0.717, 1.165) is 15.5 Å². The van der Waals surface area contributed by atoms with Crippen LogP contribution in [0.25, 0.3) is 0 Å². The first kappa shape index (κ1) is 11.0. The zero-order chi connectivity index (χ0) is 10.1. The van der Waals surface area contributed by atoms with E-state index in [2.05, 4.69) is 62.3 Å². The molecule has 4 heteroatoms. The Labute approximate surface area is 105 Å². The van der Waals surface area contributed by atoms with Gasteiger partial charge >= 0.3 is 0 Å². The van der Waals surface area contributed by atoms with Crippen molar-refractivity contribution >= 4 is 43.6 Å². The fourth-order valence-corrected chi connectivity index (χ4v) is 3.27. The first-order chi connectivity index (χ1) is 6.66. The summed E-state index contributed by atoms with van der Waals surface area (Å²) in [6.45, 7) is 3.36. The van der Waals surface area contributed by atoms with E-state index in [1.807, 2.05) is 11.8 Å². The molecule has 76 valence electrons. The molecule has 1 fully saturated rings. The van der Waals surface area contributed by atoms with E-state index in [9.17, 15) is 0 Å². The van der Waals surface area contributed by atoms with Crippen molar-refractivity contribution in [3.8, 4) is 0 Å². The molecule has 14 heavy (non-hydrogen) atoms. The largest absolute Gasteiger partial charge is 0.301 e. The molecular formula is C10H11Br2NS. The first-order valence-electron chi connectivity index (χ1n) is 4.50. The second-order valence-corrected chi connectivity index (χ2v) is 6.67. The van der Waals surface area contributed by atoms with Gasteiger partial charge in [-0.15, -0.1) is 11.8 Å². The number of rotatable bonds is 1. The number of thioether (sulfide) groups is 1. The van der Waals surface area contributed by atoms with Gasteiger partial charge in [0.2, 0.25) is 0 Å². The minimum Gasteiger partial charge on any atom is -0.301 e. The fraction of sp³-hybridized carbons (Fsp3) is 0.400. The van der Waals surface area contributed by atoms with Gasteiger partial charge in [-0.25, -0.2) is 0 Å². The average Bonchev–Trinajstić information content (AvgIpc) is 2.57. The van der Waals surface area contributed by atoms with Gasteiger partial charge in [-0.2, -0.15) is 0 Å². The predicted octanol–water partition coefficient (Wildman–Crippen LogP) is 3.94. The van der Waals surface area contributed by atoms with Crippen LogP contribution in [0.4, 0.5) is 0 Å². The van der Waals surface area contributed by atoms with E-state index in [1.54, 1.807) is 0 Å². The molecule has 0 radical (unpaired) electrons. The lowest BCUT2D eigenvalue weighted by molar-refractivity contribution is 0.717. The Hall–Kier alpha value is 0.490. The van der Waals surface area contributed by atoms with Gasteiger partial charge in [0, 0.05) is 20.7 Å². The highest BCUT2D eigenvalue weighted by Gasteiger charge is 2.22. The Morgan fingerprint density at radius 1 is 1.36 bits per heavy atom. The summed E-state index contributed by atoms with van der Waals surface area (Å²) >= 11 is 8.99. The summed E-state index contributed by atoms with van der Waals surface area (Å²) in [6, 6.07) is 6.43. The maximum absolute atomic E-state index is 3.52. The Balaban J connectivity index is 2.20. The van der Waals surface area contributed by atoms with E-state index in [-0.39, 0.29) is 0 Å². The fourth-order valence-electron chi connectivity index (χ4n) is 1.47. The molecule has 0 aliphatic carbocycles. The number of halogens is 2. The monoisotopic (exact) mass is 335 g/mol. The van der Waals surface area contributed by atoms with Gasteiger partial charge < -0.3 is 5.32 Å². The second-order valence-electron chi connectivity index (χ2n) is 3.41. The highest BCUT2D eigenvalue weighted by atomic mass is 79.9. The lowest BCUT2D eigenvalue weighted by Crippen LogP contribution is -2.13. The minimum atomic E-state index is 0.453. The molecule has 2 unspecified atom stereocenters. The highest BCUT2D eigenvalue weighted by Crippen LogP contribution is 2.36. The van der Waals surface area contributed by atoms with Crippen LogP contribution < -0.4 is 5.32 Å².